The van der Waals surface area contributed by atoms with Crippen molar-refractivity contribution < 1.29 is 18.3 Å². The molecule has 6 atom stereocenters. The topological polar surface area (TPSA) is 57.0 Å². The Morgan fingerprint density at radius 3 is 2.78 bits per heavy atom. The minimum Gasteiger partial charge on any atom is -0.384 e. The van der Waals surface area contributed by atoms with Crippen LogP contribution in [0, 0.1) is 46.1 Å². The summed E-state index contributed by atoms with van der Waals surface area (Å²) in [5.74, 6) is 0.859. The molecule has 0 aliphatic heterocycles. The lowest BCUT2D eigenvalue weighted by molar-refractivity contribution is -0.127. The van der Waals surface area contributed by atoms with E-state index in [1.165, 1.54) is 43.3 Å². The molecule has 3 saturated carbocycles. The van der Waals surface area contributed by atoms with Gasteiger partial charge in [0, 0.05) is 25.2 Å². The van der Waals surface area contributed by atoms with Crippen LogP contribution in [0.2, 0.25) is 0 Å². The van der Waals surface area contributed by atoms with Gasteiger partial charge in [0.25, 0.3) is 0 Å². The third-order valence-electron chi connectivity index (χ3n) is 10.2. The maximum absolute atomic E-state index is 14.1. The average Bonchev–Trinajstić information content (AvgIpc) is 3.41. The number of hydrogen-bond donors (Lipinski definition) is 0. The molecule has 1 aromatic carbocycles. The lowest BCUT2D eigenvalue weighted by Gasteiger charge is -2.54. The zero-order valence-electron chi connectivity index (χ0n) is 22.1. The highest BCUT2D eigenvalue weighted by molar-refractivity contribution is 5.82. The van der Waals surface area contributed by atoms with Gasteiger partial charge in [0.05, 0.1) is 6.61 Å². The summed E-state index contributed by atoms with van der Waals surface area (Å²) < 4.78 is 33.5. The van der Waals surface area contributed by atoms with E-state index in [0.717, 1.165) is 62.7 Å². The van der Waals surface area contributed by atoms with Crippen LogP contribution in [0.15, 0.2) is 12.1 Å². The largest absolute Gasteiger partial charge is 0.384 e. The van der Waals surface area contributed by atoms with Crippen LogP contribution in [0.3, 0.4) is 0 Å². The molecule has 0 bridgehead atoms. The Bertz CT molecular complexity index is 1100. The summed E-state index contributed by atoms with van der Waals surface area (Å²) in [6.45, 7) is 5.56. The van der Waals surface area contributed by atoms with Crippen molar-refractivity contribution in [3.05, 3.63) is 23.8 Å². The van der Waals surface area contributed by atoms with Crippen molar-refractivity contribution in [2.24, 2.45) is 34.5 Å². The molecule has 5 nitrogen and oxygen atoms in total. The van der Waals surface area contributed by atoms with Crippen molar-refractivity contribution in [1.82, 2.24) is 15.0 Å². The Morgan fingerprint density at radius 2 is 1.97 bits per heavy atom. The molecular weight excluding hydrogens is 460 g/mol. The van der Waals surface area contributed by atoms with Gasteiger partial charge in [-0.15, -0.1) is 5.10 Å². The normalized spacial score (nSPS) is 34.7. The van der Waals surface area contributed by atoms with E-state index in [-0.39, 0.29) is 34.7 Å². The molecule has 3 fully saturated rings. The molecule has 0 saturated heterocycles. The maximum Gasteiger partial charge on any atom is 0.159 e. The Kier molecular flexibility index (Phi) is 7.23. The molecule has 5 rings (SSSR count). The molecule has 2 aromatic rings. The summed E-state index contributed by atoms with van der Waals surface area (Å²) in [4.78, 5) is 14.7. The van der Waals surface area contributed by atoms with Crippen LogP contribution in [0.1, 0.15) is 84.5 Å². The van der Waals surface area contributed by atoms with Gasteiger partial charge in [0.15, 0.2) is 11.6 Å². The van der Waals surface area contributed by atoms with Crippen molar-refractivity contribution in [2.75, 3.05) is 13.7 Å². The van der Waals surface area contributed by atoms with E-state index >= 15 is 0 Å². The van der Waals surface area contributed by atoms with Crippen molar-refractivity contribution >= 4 is 16.8 Å². The first-order chi connectivity index (χ1) is 17.2. The molecule has 3 aliphatic carbocycles. The summed E-state index contributed by atoms with van der Waals surface area (Å²) in [6.07, 6.45) is 13.0. The molecule has 36 heavy (non-hydrogen) atoms. The predicted molar refractivity (Wildman–Crippen MR) is 135 cm³/mol. The molecule has 0 N–H and O–H groups in total. The maximum atomic E-state index is 14.1. The van der Waals surface area contributed by atoms with Gasteiger partial charge < -0.3 is 4.74 Å². The lowest BCUT2D eigenvalue weighted by Crippen LogP contribution is -2.48. The van der Waals surface area contributed by atoms with E-state index in [2.05, 4.69) is 24.0 Å². The van der Waals surface area contributed by atoms with Gasteiger partial charge in [-0.1, -0.05) is 33.1 Å². The van der Waals surface area contributed by atoms with E-state index in [1.807, 2.05) is 7.11 Å². The van der Waals surface area contributed by atoms with E-state index in [0.29, 0.717) is 11.3 Å². The highest BCUT2D eigenvalue weighted by Crippen LogP contribution is 2.58. The molecule has 198 valence electrons. The first-order valence-electron chi connectivity index (χ1n) is 14.0. The number of ether oxygens (including phenoxy) is 1. The quantitative estimate of drug-likeness (QED) is 0.402. The first-order valence-corrected chi connectivity index (χ1v) is 14.0. The van der Waals surface area contributed by atoms with Crippen molar-refractivity contribution in [3.8, 4) is 0 Å². The Balaban J connectivity index is 1.28. The zero-order chi connectivity index (χ0) is 25.5. The standard InChI is InChI=1S/C29H41F2N3O2/c1-19-9-13-29(18-36-3)20(6-4-7-21(29)14-19)10-12-28(2)11-5-8-23(28)26(35)17-34-32-25-16-22(30)15-24(31)27(25)33-34/h15-16,19-21,23H,4-14,17-18H2,1-3H3. The van der Waals surface area contributed by atoms with Gasteiger partial charge in [-0.25, -0.2) is 8.78 Å². The monoisotopic (exact) mass is 501 g/mol. The van der Waals surface area contributed by atoms with Crippen LogP contribution in [0.25, 0.3) is 11.0 Å². The number of carbonyl (C=O) groups is 1. The van der Waals surface area contributed by atoms with E-state index in [9.17, 15) is 13.6 Å². The first kappa shape index (κ1) is 25.7. The summed E-state index contributed by atoms with van der Waals surface area (Å²) >= 11 is 0. The van der Waals surface area contributed by atoms with Crippen LogP contribution in [-0.2, 0) is 16.1 Å². The summed E-state index contributed by atoms with van der Waals surface area (Å²) in [5, 5.41) is 8.33. The molecule has 1 heterocycles. The minimum atomic E-state index is -0.748. The lowest BCUT2D eigenvalue weighted by atomic mass is 9.52. The van der Waals surface area contributed by atoms with Crippen LogP contribution < -0.4 is 0 Å². The number of fused-ring (bicyclic) bond motifs is 2. The zero-order valence-corrected chi connectivity index (χ0v) is 22.1. The average molecular weight is 502 g/mol. The SMILES string of the molecule is COCC12CCC(C)CC1CCCC2CCC1(C)CCCC1C(=O)Cn1nc2cc(F)cc(F)c2n1. The summed E-state index contributed by atoms with van der Waals surface area (Å²) in [6, 6.07) is 1.96. The molecule has 3 aliphatic rings. The molecule has 0 spiro atoms. The van der Waals surface area contributed by atoms with Gasteiger partial charge in [0.2, 0.25) is 0 Å². The number of methoxy groups -OCH3 is 1. The number of hydrogen-bond acceptors (Lipinski definition) is 4. The molecule has 6 unspecified atom stereocenters. The second-order valence-corrected chi connectivity index (χ2v) is 12.5. The molecule has 0 radical (unpaired) electrons. The van der Waals surface area contributed by atoms with E-state index in [4.69, 9.17) is 4.74 Å². The number of ketones is 1. The van der Waals surface area contributed by atoms with Crippen molar-refractivity contribution in [3.63, 3.8) is 0 Å². The smallest absolute Gasteiger partial charge is 0.159 e. The highest BCUT2D eigenvalue weighted by Gasteiger charge is 2.51. The third kappa shape index (κ3) is 4.72. The van der Waals surface area contributed by atoms with Gasteiger partial charge in [-0.05, 0) is 80.0 Å². The van der Waals surface area contributed by atoms with Gasteiger partial charge in [-0.2, -0.15) is 9.90 Å². The molecular formula is C29H41F2N3O2. The number of benzene rings is 1. The highest BCUT2D eigenvalue weighted by atomic mass is 19.1. The second kappa shape index (κ2) is 10.1. The van der Waals surface area contributed by atoms with Gasteiger partial charge >= 0.3 is 0 Å². The van der Waals surface area contributed by atoms with Crippen molar-refractivity contribution in [2.45, 2.75) is 91.0 Å². The number of carbonyl (C=O) groups excluding carboxylic acids is 1. The van der Waals surface area contributed by atoms with Crippen LogP contribution >= 0.6 is 0 Å². The Morgan fingerprint density at radius 1 is 1.14 bits per heavy atom. The predicted octanol–water partition coefficient (Wildman–Crippen LogP) is 6.73. The fourth-order valence-electron chi connectivity index (χ4n) is 8.30. The van der Waals surface area contributed by atoms with Crippen LogP contribution in [0.5, 0.6) is 0 Å². The van der Waals surface area contributed by atoms with Crippen LogP contribution in [-0.4, -0.2) is 34.5 Å². The number of nitrogens with zero attached hydrogens (tertiary/aromatic N) is 3. The summed E-state index contributed by atoms with van der Waals surface area (Å²) in [5.41, 5.74) is 0.415. The minimum absolute atomic E-state index is 0.00694. The molecule has 7 heteroatoms. The van der Waals surface area contributed by atoms with Crippen LogP contribution in [0.4, 0.5) is 8.78 Å². The number of aromatic nitrogens is 3. The number of halogens is 2. The third-order valence-corrected chi connectivity index (χ3v) is 10.2. The van der Waals surface area contributed by atoms with Crippen molar-refractivity contribution in [1.29, 1.82) is 0 Å². The molecule has 1 aromatic heterocycles. The number of rotatable bonds is 8. The van der Waals surface area contributed by atoms with E-state index in [1.54, 1.807) is 0 Å². The fraction of sp³-hybridized carbons (Fsp3) is 0.759. The molecule has 0 amide bonds. The Labute approximate surface area is 213 Å². The van der Waals surface area contributed by atoms with E-state index < -0.39 is 11.6 Å². The second-order valence-electron chi connectivity index (χ2n) is 12.5. The van der Waals surface area contributed by atoms with Gasteiger partial charge in [0.1, 0.15) is 23.4 Å². The fourth-order valence-corrected chi connectivity index (χ4v) is 8.30. The summed E-state index contributed by atoms with van der Waals surface area (Å²) in [7, 11) is 1.86. The van der Waals surface area contributed by atoms with Gasteiger partial charge in [-0.3, -0.25) is 4.79 Å². The Hall–Kier alpha value is -1.89. The number of Topliss-reactive ketones (excluding diaryl/α,β-unsaturated/α-hetero) is 1.